The Bertz CT molecular complexity index is 1330. The Morgan fingerprint density at radius 1 is 1.22 bits per heavy atom. The van der Waals surface area contributed by atoms with Gasteiger partial charge in [0.15, 0.2) is 0 Å². The normalized spacial score (nSPS) is 13.2. The van der Waals surface area contributed by atoms with Crippen molar-refractivity contribution in [3.63, 3.8) is 0 Å². The Labute approximate surface area is 199 Å². The van der Waals surface area contributed by atoms with Crippen LogP contribution >= 0.6 is 34.7 Å². The lowest BCUT2D eigenvalue weighted by Crippen LogP contribution is -2.13. The minimum Gasteiger partial charge on any atom is -0.444 e. The quantitative estimate of drug-likeness (QED) is 0.361. The predicted octanol–water partition coefficient (Wildman–Crippen LogP) is 6.43. The minimum absolute atomic E-state index is 0.167. The summed E-state index contributed by atoms with van der Waals surface area (Å²) in [6.45, 7) is 5.07. The van der Waals surface area contributed by atoms with Crippen molar-refractivity contribution >= 4 is 57.5 Å². The smallest absolute Gasteiger partial charge is 0.411 e. The van der Waals surface area contributed by atoms with Crippen molar-refractivity contribution in [1.82, 2.24) is 14.5 Å². The van der Waals surface area contributed by atoms with Crippen molar-refractivity contribution in [3.05, 3.63) is 63.4 Å². The van der Waals surface area contributed by atoms with Crippen LogP contribution in [-0.4, -0.2) is 26.4 Å². The van der Waals surface area contributed by atoms with Crippen LogP contribution in [0.25, 0.3) is 21.6 Å². The summed E-state index contributed by atoms with van der Waals surface area (Å²) in [4.78, 5) is 22.7. The monoisotopic (exact) mass is 484 g/mol. The van der Waals surface area contributed by atoms with E-state index < -0.39 is 6.09 Å². The van der Waals surface area contributed by atoms with Gasteiger partial charge in [-0.05, 0) is 49.7 Å². The number of thiazole rings is 1. The Hall–Kier alpha value is -2.55. The summed E-state index contributed by atoms with van der Waals surface area (Å²) in [5.41, 5.74) is 5.62. The van der Waals surface area contributed by atoms with E-state index in [2.05, 4.69) is 14.9 Å². The fourth-order valence-corrected chi connectivity index (χ4v) is 5.92. The summed E-state index contributed by atoms with van der Waals surface area (Å²) in [7, 11) is 0. The molecule has 0 fully saturated rings. The molecule has 1 aliphatic heterocycles. The number of ether oxygens (including phenoxy) is 1. The number of rotatable bonds is 4. The Morgan fingerprint density at radius 2 is 2.09 bits per heavy atom. The molecule has 164 valence electrons. The van der Waals surface area contributed by atoms with Crippen LogP contribution in [0.5, 0.6) is 0 Å². The van der Waals surface area contributed by atoms with Gasteiger partial charge in [0.05, 0.1) is 27.4 Å². The maximum absolute atomic E-state index is 12.4. The molecule has 0 radical (unpaired) electrons. The second-order valence-corrected chi connectivity index (χ2v) is 10.2. The van der Waals surface area contributed by atoms with Gasteiger partial charge in [0.1, 0.15) is 17.4 Å². The second kappa shape index (κ2) is 8.77. The van der Waals surface area contributed by atoms with E-state index >= 15 is 0 Å². The SMILES string of the molecule is Cc1cc(Cl)ccc1-c1nc(C)c(COC(=O)Nc2ccc3c(c2)nc2n3CCSC2)s1. The third-order valence-corrected chi connectivity index (χ3v) is 7.74. The molecule has 0 bridgehead atoms. The highest BCUT2D eigenvalue weighted by Crippen LogP contribution is 2.32. The molecule has 3 heterocycles. The maximum Gasteiger partial charge on any atom is 0.411 e. The number of imidazole rings is 1. The number of fused-ring (bicyclic) bond motifs is 3. The number of aromatic nitrogens is 3. The molecule has 0 unspecified atom stereocenters. The fourth-order valence-electron chi connectivity index (χ4n) is 3.77. The van der Waals surface area contributed by atoms with Gasteiger partial charge in [0.2, 0.25) is 0 Å². The number of amides is 1. The molecular formula is C23H21ClN4O2S2. The van der Waals surface area contributed by atoms with Crippen molar-refractivity contribution in [1.29, 1.82) is 0 Å². The van der Waals surface area contributed by atoms with Crippen LogP contribution in [0.1, 0.15) is 22.0 Å². The van der Waals surface area contributed by atoms with Gasteiger partial charge in [-0.15, -0.1) is 11.3 Å². The van der Waals surface area contributed by atoms with E-state index in [1.807, 2.05) is 62.0 Å². The van der Waals surface area contributed by atoms with Gasteiger partial charge in [-0.1, -0.05) is 17.7 Å². The number of halogens is 1. The third-order valence-electron chi connectivity index (χ3n) is 5.41. The molecule has 5 rings (SSSR count). The summed E-state index contributed by atoms with van der Waals surface area (Å²) in [6.07, 6.45) is -0.499. The number of anilines is 1. The summed E-state index contributed by atoms with van der Waals surface area (Å²) in [6, 6.07) is 11.5. The summed E-state index contributed by atoms with van der Waals surface area (Å²) in [5.74, 6) is 3.11. The first-order valence-electron chi connectivity index (χ1n) is 10.2. The molecule has 6 nitrogen and oxygen atoms in total. The van der Waals surface area contributed by atoms with Crippen molar-refractivity contribution in [2.24, 2.45) is 0 Å². The average molecular weight is 485 g/mol. The van der Waals surface area contributed by atoms with Gasteiger partial charge in [0.25, 0.3) is 0 Å². The molecule has 0 atom stereocenters. The lowest BCUT2D eigenvalue weighted by Gasteiger charge is -2.13. The number of thioether (sulfide) groups is 1. The molecule has 0 spiro atoms. The zero-order valence-corrected chi connectivity index (χ0v) is 20.0. The Morgan fingerprint density at radius 3 is 2.94 bits per heavy atom. The number of hydrogen-bond donors (Lipinski definition) is 1. The van der Waals surface area contributed by atoms with Gasteiger partial charge >= 0.3 is 6.09 Å². The lowest BCUT2D eigenvalue weighted by atomic mass is 10.1. The molecule has 2 aromatic carbocycles. The van der Waals surface area contributed by atoms with E-state index in [1.54, 1.807) is 0 Å². The minimum atomic E-state index is -0.499. The zero-order chi connectivity index (χ0) is 22.2. The third kappa shape index (κ3) is 4.22. The van der Waals surface area contributed by atoms with Crippen LogP contribution in [0, 0.1) is 13.8 Å². The predicted molar refractivity (Wildman–Crippen MR) is 132 cm³/mol. The molecule has 1 aliphatic rings. The number of aryl methyl sites for hydroxylation is 3. The maximum atomic E-state index is 12.4. The molecule has 2 aromatic heterocycles. The second-order valence-electron chi connectivity index (χ2n) is 7.62. The van der Waals surface area contributed by atoms with Gasteiger partial charge in [-0.3, -0.25) is 5.32 Å². The highest BCUT2D eigenvalue weighted by Gasteiger charge is 2.16. The van der Waals surface area contributed by atoms with Crippen LogP contribution in [0.15, 0.2) is 36.4 Å². The summed E-state index contributed by atoms with van der Waals surface area (Å²) >= 11 is 9.48. The van der Waals surface area contributed by atoms with Crippen LogP contribution in [0.4, 0.5) is 10.5 Å². The molecule has 0 saturated carbocycles. The summed E-state index contributed by atoms with van der Waals surface area (Å²) < 4.78 is 7.73. The van der Waals surface area contributed by atoms with E-state index in [4.69, 9.17) is 21.3 Å². The standard InChI is InChI=1S/C23H21ClN4O2S2/c1-13-9-15(24)3-5-17(13)22-25-14(2)20(32-22)11-30-23(29)26-16-4-6-19-18(10-16)27-21-12-31-8-7-28(19)21/h3-6,9-10H,7-8,11-12H2,1-2H3,(H,26,29). The fraction of sp³-hybridized carbons (Fsp3) is 0.261. The molecule has 0 saturated heterocycles. The van der Waals surface area contributed by atoms with Crippen molar-refractivity contribution in [3.8, 4) is 10.6 Å². The number of hydrogen-bond acceptors (Lipinski definition) is 6. The van der Waals surface area contributed by atoms with Gasteiger partial charge < -0.3 is 9.30 Å². The number of nitrogens with zero attached hydrogens (tertiary/aromatic N) is 3. The van der Waals surface area contributed by atoms with Gasteiger partial charge in [-0.2, -0.15) is 11.8 Å². The van der Waals surface area contributed by atoms with Crippen LogP contribution < -0.4 is 5.32 Å². The highest BCUT2D eigenvalue weighted by molar-refractivity contribution is 7.98. The number of benzene rings is 2. The molecule has 1 N–H and O–H groups in total. The largest absolute Gasteiger partial charge is 0.444 e. The molecule has 9 heteroatoms. The van der Waals surface area contributed by atoms with Crippen molar-refractivity contribution < 1.29 is 9.53 Å². The van der Waals surface area contributed by atoms with Crippen LogP contribution in [0.2, 0.25) is 5.02 Å². The Kier molecular flexibility index (Phi) is 5.84. The molecule has 1 amide bonds. The highest BCUT2D eigenvalue weighted by atomic mass is 35.5. The van der Waals surface area contributed by atoms with Crippen LogP contribution in [0.3, 0.4) is 0 Å². The summed E-state index contributed by atoms with van der Waals surface area (Å²) in [5, 5.41) is 4.41. The Balaban J connectivity index is 1.26. The number of nitrogens with one attached hydrogen (secondary N) is 1. The first kappa shape index (κ1) is 21.3. The number of carbonyl (C=O) groups excluding carboxylic acids is 1. The van der Waals surface area contributed by atoms with Gasteiger partial charge in [-0.25, -0.2) is 14.8 Å². The van der Waals surface area contributed by atoms with E-state index in [1.165, 1.54) is 11.3 Å². The van der Waals surface area contributed by atoms with Crippen molar-refractivity contribution in [2.75, 3.05) is 11.1 Å². The van der Waals surface area contributed by atoms with Crippen LogP contribution in [-0.2, 0) is 23.6 Å². The number of carbonyl (C=O) groups is 1. The molecule has 4 aromatic rings. The van der Waals surface area contributed by atoms with E-state index in [-0.39, 0.29) is 6.61 Å². The van der Waals surface area contributed by atoms with Crippen molar-refractivity contribution in [2.45, 2.75) is 32.8 Å². The van der Waals surface area contributed by atoms with E-state index in [0.717, 1.165) is 61.6 Å². The topological polar surface area (TPSA) is 69.0 Å². The molecular weight excluding hydrogens is 464 g/mol. The van der Waals surface area contributed by atoms with E-state index in [9.17, 15) is 4.79 Å². The first-order chi connectivity index (χ1) is 15.5. The zero-order valence-electron chi connectivity index (χ0n) is 17.6. The first-order valence-corrected chi connectivity index (χ1v) is 12.6. The molecule has 32 heavy (non-hydrogen) atoms. The molecule has 0 aliphatic carbocycles. The van der Waals surface area contributed by atoms with Gasteiger partial charge in [0, 0.05) is 28.6 Å². The van der Waals surface area contributed by atoms with E-state index in [0.29, 0.717) is 10.7 Å². The lowest BCUT2D eigenvalue weighted by molar-refractivity contribution is 0.156. The average Bonchev–Trinajstić information content (AvgIpc) is 3.31.